The summed E-state index contributed by atoms with van der Waals surface area (Å²) in [6, 6.07) is 15.6. The Morgan fingerprint density at radius 2 is 1.59 bits per heavy atom. The van der Waals surface area contributed by atoms with Crippen molar-refractivity contribution >= 4 is 23.5 Å². The summed E-state index contributed by atoms with van der Waals surface area (Å²) in [6.07, 6.45) is 0.907. The minimum Gasteiger partial charge on any atom is -0.502 e. The molecular formula is C21H14N4O7. The molecule has 0 bridgehead atoms. The number of hydrogen-bond acceptors (Lipinski definition) is 8. The van der Waals surface area contributed by atoms with Gasteiger partial charge in [0.25, 0.3) is 11.6 Å². The van der Waals surface area contributed by atoms with E-state index in [4.69, 9.17) is 4.74 Å². The van der Waals surface area contributed by atoms with Crippen LogP contribution in [0.5, 0.6) is 17.2 Å². The van der Waals surface area contributed by atoms with Gasteiger partial charge in [0.15, 0.2) is 0 Å². The highest BCUT2D eigenvalue weighted by atomic mass is 16.6. The molecule has 0 saturated carbocycles. The van der Waals surface area contributed by atoms with Gasteiger partial charge in [-0.1, -0.05) is 36.4 Å². The molecule has 11 heteroatoms. The first-order valence-corrected chi connectivity index (χ1v) is 9.21. The van der Waals surface area contributed by atoms with Gasteiger partial charge in [0.05, 0.1) is 33.6 Å². The summed E-state index contributed by atoms with van der Waals surface area (Å²) in [5, 5.41) is 35.9. The molecular weight excluding hydrogens is 420 g/mol. The fourth-order valence-electron chi connectivity index (χ4n) is 3.39. The Morgan fingerprint density at radius 3 is 2.16 bits per heavy atom. The molecule has 0 spiro atoms. The molecule has 0 saturated heterocycles. The molecule has 0 fully saturated rings. The van der Waals surface area contributed by atoms with E-state index in [2.05, 4.69) is 10.5 Å². The first-order valence-electron chi connectivity index (χ1n) is 9.21. The number of non-ortho nitro benzene ring substituents is 1. The number of phenols is 1. The molecule has 0 radical (unpaired) electrons. The second kappa shape index (κ2) is 8.14. The Morgan fingerprint density at radius 1 is 1.00 bits per heavy atom. The molecule has 32 heavy (non-hydrogen) atoms. The standard InChI is InChI=1S/C21H14N4O7/c26-20-12(9-13(24(28)29)10-16(20)25(30)31)11-22-23-21(27)19-14-5-1-3-7-17(14)32-18-8-4-2-6-15(18)19/h1-11,19,26H,(H,23,27)/b22-11-. The van der Waals surface area contributed by atoms with Gasteiger partial charge >= 0.3 is 5.69 Å². The first kappa shape index (κ1) is 20.5. The summed E-state index contributed by atoms with van der Waals surface area (Å²) in [5.74, 6) is -1.05. The number of fused-ring (bicyclic) bond motifs is 2. The number of rotatable bonds is 5. The number of carbonyl (C=O) groups excluding carboxylic acids is 1. The molecule has 1 aliphatic heterocycles. The number of ether oxygens (including phenoxy) is 1. The van der Waals surface area contributed by atoms with Crippen molar-refractivity contribution < 1.29 is 24.5 Å². The second-order valence-electron chi connectivity index (χ2n) is 6.76. The molecule has 11 nitrogen and oxygen atoms in total. The monoisotopic (exact) mass is 434 g/mol. The third-order valence-corrected chi connectivity index (χ3v) is 4.83. The lowest BCUT2D eigenvalue weighted by Crippen LogP contribution is -2.28. The molecule has 3 aromatic carbocycles. The molecule has 0 aromatic heterocycles. The van der Waals surface area contributed by atoms with Crippen LogP contribution in [0, 0.1) is 20.2 Å². The third kappa shape index (κ3) is 3.69. The van der Waals surface area contributed by atoms with Gasteiger partial charge < -0.3 is 9.84 Å². The summed E-state index contributed by atoms with van der Waals surface area (Å²) in [6.45, 7) is 0. The van der Waals surface area contributed by atoms with Gasteiger partial charge in [-0.15, -0.1) is 0 Å². The summed E-state index contributed by atoms with van der Waals surface area (Å²) in [5.41, 5.74) is 1.83. The average Bonchev–Trinajstić information content (AvgIpc) is 2.77. The zero-order chi connectivity index (χ0) is 22.8. The number of nitrogens with zero attached hydrogens (tertiary/aromatic N) is 3. The number of nitrogens with one attached hydrogen (secondary N) is 1. The zero-order valence-electron chi connectivity index (χ0n) is 16.2. The van der Waals surface area contributed by atoms with E-state index >= 15 is 0 Å². The Balaban J connectivity index is 1.64. The number of hydrogen-bond donors (Lipinski definition) is 2. The van der Waals surface area contributed by atoms with Gasteiger partial charge in [-0.3, -0.25) is 25.0 Å². The maximum Gasteiger partial charge on any atom is 0.318 e. The van der Waals surface area contributed by atoms with Crippen LogP contribution in [-0.4, -0.2) is 27.1 Å². The summed E-state index contributed by atoms with van der Waals surface area (Å²) >= 11 is 0. The number of hydrazone groups is 1. The number of nitro groups is 2. The predicted molar refractivity (Wildman–Crippen MR) is 112 cm³/mol. The highest BCUT2D eigenvalue weighted by Gasteiger charge is 2.32. The van der Waals surface area contributed by atoms with E-state index in [1.807, 2.05) is 0 Å². The predicted octanol–water partition coefficient (Wildman–Crippen LogP) is 3.60. The fraction of sp³-hybridized carbons (Fsp3) is 0.0476. The van der Waals surface area contributed by atoms with E-state index in [-0.39, 0.29) is 5.56 Å². The molecule has 160 valence electrons. The van der Waals surface area contributed by atoms with Crippen LogP contribution in [-0.2, 0) is 4.79 Å². The Hall–Kier alpha value is -4.80. The lowest BCUT2D eigenvalue weighted by molar-refractivity contribution is -0.394. The molecule has 3 aromatic rings. The number of phenolic OH excluding ortho intramolecular Hbond substituents is 1. The van der Waals surface area contributed by atoms with Crippen molar-refractivity contribution in [3.63, 3.8) is 0 Å². The highest BCUT2D eigenvalue weighted by molar-refractivity contribution is 5.92. The Bertz CT molecular complexity index is 1240. The number of carbonyl (C=O) groups is 1. The van der Waals surface area contributed by atoms with Crippen molar-refractivity contribution in [2.24, 2.45) is 5.10 Å². The van der Waals surface area contributed by atoms with Crippen molar-refractivity contribution in [2.45, 2.75) is 5.92 Å². The van der Waals surface area contributed by atoms with Crippen molar-refractivity contribution in [3.05, 3.63) is 97.6 Å². The quantitative estimate of drug-likeness (QED) is 0.353. The van der Waals surface area contributed by atoms with Crippen LogP contribution in [0.15, 0.2) is 65.8 Å². The maximum absolute atomic E-state index is 13.0. The minimum absolute atomic E-state index is 0.293. The number of nitro benzene ring substituents is 2. The van der Waals surface area contributed by atoms with Gasteiger partial charge in [0, 0.05) is 17.2 Å². The highest BCUT2D eigenvalue weighted by Crippen LogP contribution is 2.43. The van der Waals surface area contributed by atoms with Crippen molar-refractivity contribution in [3.8, 4) is 17.2 Å². The van der Waals surface area contributed by atoms with Crippen molar-refractivity contribution in [1.82, 2.24) is 5.43 Å². The van der Waals surface area contributed by atoms with Gasteiger partial charge in [0.2, 0.25) is 5.75 Å². The minimum atomic E-state index is -0.950. The van der Waals surface area contributed by atoms with E-state index in [9.17, 15) is 30.1 Å². The summed E-state index contributed by atoms with van der Waals surface area (Å²) in [7, 11) is 0. The Labute approximate surface area is 179 Å². The van der Waals surface area contributed by atoms with Crippen molar-refractivity contribution in [2.75, 3.05) is 0 Å². The molecule has 2 N–H and O–H groups in total. The third-order valence-electron chi connectivity index (χ3n) is 4.83. The van der Waals surface area contributed by atoms with Crippen LogP contribution in [0.25, 0.3) is 0 Å². The smallest absolute Gasteiger partial charge is 0.318 e. The molecule has 1 aliphatic rings. The molecule has 0 atom stereocenters. The molecule has 0 unspecified atom stereocenters. The molecule has 4 rings (SSSR count). The summed E-state index contributed by atoms with van der Waals surface area (Å²) < 4.78 is 5.84. The topological polar surface area (TPSA) is 157 Å². The van der Waals surface area contributed by atoms with Gasteiger partial charge in [-0.05, 0) is 12.1 Å². The average molecular weight is 434 g/mol. The normalized spacial score (nSPS) is 12.5. The van der Waals surface area contributed by atoms with Crippen LogP contribution in [0.1, 0.15) is 22.6 Å². The SMILES string of the molecule is O=C(N/N=C\c1cc([N+](=O)[O-])cc([N+](=O)[O-])c1O)C1c2ccccc2Oc2ccccc21. The number of benzene rings is 3. The fourth-order valence-corrected chi connectivity index (χ4v) is 3.39. The summed E-state index contributed by atoms with van der Waals surface area (Å²) in [4.78, 5) is 33.3. The lowest BCUT2D eigenvalue weighted by atomic mass is 9.87. The maximum atomic E-state index is 13.0. The largest absolute Gasteiger partial charge is 0.502 e. The second-order valence-corrected chi connectivity index (χ2v) is 6.76. The zero-order valence-corrected chi connectivity index (χ0v) is 16.2. The van der Waals surface area contributed by atoms with Crippen LogP contribution < -0.4 is 10.2 Å². The Kier molecular flexibility index (Phi) is 5.21. The molecule has 1 amide bonds. The van der Waals surface area contributed by atoms with Gasteiger partial charge in [-0.25, -0.2) is 5.43 Å². The molecule has 0 aliphatic carbocycles. The van der Waals surface area contributed by atoms with Crippen molar-refractivity contribution in [1.29, 1.82) is 0 Å². The van der Waals surface area contributed by atoms with Crippen LogP contribution in [0.2, 0.25) is 0 Å². The van der Waals surface area contributed by atoms with Crippen LogP contribution in [0.4, 0.5) is 11.4 Å². The lowest BCUT2D eigenvalue weighted by Gasteiger charge is -2.26. The van der Waals surface area contributed by atoms with E-state index in [0.717, 1.165) is 12.3 Å². The van der Waals surface area contributed by atoms with Crippen LogP contribution in [0.3, 0.4) is 0 Å². The molecule has 1 heterocycles. The van der Waals surface area contributed by atoms with Gasteiger partial charge in [0.1, 0.15) is 11.5 Å². The number of amides is 1. The van der Waals surface area contributed by atoms with E-state index in [1.165, 1.54) is 0 Å². The number of para-hydroxylation sites is 2. The number of aromatic hydroxyl groups is 1. The van der Waals surface area contributed by atoms with E-state index in [0.29, 0.717) is 28.7 Å². The first-order chi connectivity index (χ1) is 15.4. The van der Waals surface area contributed by atoms with Gasteiger partial charge in [-0.2, -0.15) is 5.10 Å². The van der Waals surface area contributed by atoms with E-state index < -0.39 is 38.8 Å². The van der Waals surface area contributed by atoms with Crippen LogP contribution >= 0.6 is 0 Å². The van der Waals surface area contributed by atoms with E-state index in [1.54, 1.807) is 48.5 Å².